The number of hydrogen-bond donors (Lipinski definition) is 0. The number of benzene rings is 2. The number of imide groups is 1. The van der Waals surface area contributed by atoms with Gasteiger partial charge in [0.2, 0.25) is 11.8 Å². The Morgan fingerprint density at radius 2 is 1.56 bits per heavy atom. The van der Waals surface area contributed by atoms with Gasteiger partial charge in [-0.2, -0.15) is 0 Å². The maximum Gasteiger partial charge on any atom is 0.339 e. The van der Waals surface area contributed by atoms with Crippen molar-refractivity contribution in [1.82, 2.24) is 4.90 Å². The molecule has 0 radical (unpaired) electrons. The monoisotopic (exact) mass is 432 g/mol. The van der Waals surface area contributed by atoms with E-state index in [0.29, 0.717) is 0 Å². The van der Waals surface area contributed by atoms with Crippen molar-refractivity contribution in [2.75, 3.05) is 19.1 Å². The molecular formula is C24H20N2O6. The molecule has 32 heavy (non-hydrogen) atoms. The van der Waals surface area contributed by atoms with Crippen molar-refractivity contribution in [1.29, 1.82) is 0 Å². The van der Waals surface area contributed by atoms with Crippen LogP contribution in [0.4, 0.5) is 5.69 Å². The van der Waals surface area contributed by atoms with Crippen LogP contribution < -0.4 is 4.90 Å². The smallest absolute Gasteiger partial charge is 0.339 e. The Morgan fingerprint density at radius 1 is 0.875 bits per heavy atom. The van der Waals surface area contributed by atoms with Gasteiger partial charge in [-0.3, -0.25) is 9.59 Å². The largest absolute Gasteiger partial charge is 0.467 e. The number of ether oxygens (including phenoxy) is 2. The van der Waals surface area contributed by atoms with Crippen molar-refractivity contribution in [3.8, 4) is 0 Å². The first-order valence-corrected chi connectivity index (χ1v) is 10.2. The molecule has 3 aliphatic heterocycles. The molecule has 0 aromatic heterocycles. The first kappa shape index (κ1) is 20.0. The average molecular weight is 432 g/mol. The molecule has 3 aliphatic rings. The van der Waals surface area contributed by atoms with E-state index in [1.807, 2.05) is 30.3 Å². The van der Waals surface area contributed by atoms with Gasteiger partial charge in [-0.05, 0) is 29.3 Å². The molecule has 8 heteroatoms. The number of nitrogens with zero attached hydrogens (tertiary/aromatic N) is 2. The van der Waals surface area contributed by atoms with Crippen molar-refractivity contribution in [2.24, 2.45) is 11.8 Å². The van der Waals surface area contributed by atoms with Gasteiger partial charge in [-0.1, -0.05) is 36.4 Å². The third-order valence-corrected chi connectivity index (χ3v) is 6.45. The molecule has 4 atom stereocenters. The van der Waals surface area contributed by atoms with E-state index in [1.165, 1.54) is 26.4 Å². The lowest BCUT2D eigenvalue weighted by Crippen LogP contribution is -2.45. The Morgan fingerprint density at radius 3 is 2.31 bits per heavy atom. The molecular weight excluding hydrogens is 412 g/mol. The van der Waals surface area contributed by atoms with E-state index in [0.717, 1.165) is 16.0 Å². The minimum absolute atomic E-state index is 0.104. The van der Waals surface area contributed by atoms with Crippen molar-refractivity contribution in [3.05, 3.63) is 71.4 Å². The van der Waals surface area contributed by atoms with E-state index in [-0.39, 0.29) is 11.3 Å². The van der Waals surface area contributed by atoms with E-state index < -0.39 is 47.7 Å². The Balaban J connectivity index is 1.66. The SMILES string of the molecule is COC(=O)c1ccccc1N1C(=O)[C@@H]2[C@@H](C1=O)[C@@H]1c3ccccc3C=CN1[C@@H]2C(=O)OC. The van der Waals surface area contributed by atoms with Crippen molar-refractivity contribution in [2.45, 2.75) is 12.1 Å². The summed E-state index contributed by atoms with van der Waals surface area (Å²) in [5.41, 5.74) is 2.04. The topological polar surface area (TPSA) is 93.2 Å². The molecule has 5 rings (SSSR count). The van der Waals surface area contributed by atoms with Crippen LogP contribution in [0.3, 0.4) is 0 Å². The molecule has 8 nitrogen and oxygen atoms in total. The molecule has 162 valence electrons. The molecule has 2 amide bonds. The van der Waals surface area contributed by atoms with Gasteiger partial charge in [0, 0.05) is 6.20 Å². The van der Waals surface area contributed by atoms with Gasteiger partial charge in [0.15, 0.2) is 0 Å². The first-order valence-electron chi connectivity index (χ1n) is 10.2. The average Bonchev–Trinajstić information content (AvgIpc) is 3.30. The molecule has 3 heterocycles. The lowest BCUT2D eigenvalue weighted by Gasteiger charge is -2.34. The van der Waals surface area contributed by atoms with Crippen LogP contribution in [0.1, 0.15) is 27.5 Å². The Kier molecular flexibility index (Phi) is 4.58. The van der Waals surface area contributed by atoms with Crippen LogP contribution in [0.2, 0.25) is 0 Å². The maximum absolute atomic E-state index is 13.7. The van der Waals surface area contributed by atoms with Gasteiger partial charge < -0.3 is 14.4 Å². The lowest BCUT2D eigenvalue weighted by molar-refractivity contribution is -0.148. The second-order valence-electron chi connectivity index (χ2n) is 7.88. The predicted molar refractivity (Wildman–Crippen MR) is 113 cm³/mol. The van der Waals surface area contributed by atoms with Crippen LogP contribution in [-0.2, 0) is 23.9 Å². The Hall–Kier alpha value is -3.94. The van der Waals surface area contributed by atoms with E-state index in [2.05, 4.69) is 0 Å². The number of carbonyl (C=O) groups excluding carboxylic acids is 4. The first-order chi connectivity index (χ1) is 15.5. The summed E-state index contributed by atoms with van der Waals surface area (Å²) in [6, 6.07) is 12.4. The minimum Gasteiger partial charge on any atom is -0.467 e. The number of anilines is 1. The number of hydrogen-bond acceptors (Lipinski definition) is 7. The third-order valence-electron chi connectivity index (χ3n) is 6.45. The van der Waals surface area contributed by atoms with Crippen molar-refractivity contribution in [3.63, 3.8) is 0 Å². The zero-order chi connectivity index (χ0) is 22.6. The highest BCUT2D eigenvalue weighted by Crippen LogP contribution is 2.53. The fraction of sp³-hybridized carbons (Fsp3) is 0.250. The Bertz CT molecular complexity index is 1190. The molecule has 2 aromatic rings. The molecule has 2 saturated heterocycles. The molecule has 0 spiro atoms. The quantitative estimate of drug-likeness (QED) is 0.542. The van der Waals surface area contributed by atoms with Crippen LogP contribution in [0.15, 0.2) is 54.7 Å². The maximum atomic E-state index is 13.7. The van der Waals surface area contributed by atoms with Crippen LogP contribution in [0, 0.1) is 11.8 Å². The van der Waals surface area contributed by atoms with E-state index in [1.54, 1.807) is 23.2 Å². The van der Waals surface area contributed by atoms with Gasteiger partial charge in [-0.15, -0.1) is 0 Å². The molecule has 0 unspecified atom stereocenters. The third kappa shape index (κ3) is 2.62. The molecule has 2 aromatic carbocycles. The highest BCUT2D eigenvalue weighted by atomic mass is 16.5. The lowest BCUT2D eigenvalue weighted by atomic mass is 9.84. The van der Waals surface area contributed by atoms with E-state index >= 15 is 0 Å². The second kappa shape index (κ2) is 7.33. The summed E-state index contributed by atoms with van der Waals surface area (Å²) in [5, 5.41) is 0. The predicted octanol–water partition coefficient (Wildman–Crippen LogP) is 2.16. The van der Waals surface area contributed by atoms with E-state index in [4.69, 9.17) is 9.47 Å². The van der Waals surface area contributed by atoms with Gasteiger partial charge in [0.25, 0.3) is 0 Å². The summed E-state index contributed by atoms with van der Waals surface area (Å²) < 4.78 is 9.84. The molecule has 2 fully saturated rings. The summed E-state index contributed by atoms with van der Waals surface area (Å²) in [5.74, 6) is -3.98. The highest BCUT2D eigenvalue weighted by molar-refractivity contribution is 6.25. The summed E-state index contributed by atoms with van der Waals surface area (Å²) in [4.78, 5) is 55.2. The summed E-state index contributed by atoms with van der Waals surface area (Å²) in [6.07, 6.45) is 3.61. The van der Waals surface area contributed by atoms with Crippen molar-refractivity contribution >= 4 is 35.5 Å². The minimum atomic E-state index is -0.952. The molecule has 0 aliphatic carbocycles. The van der Waals surface area contributed by atoms with Crippen LogP contribution in [-0.4, -0.2) is 48.9 Å². The van der Waals surface area contributed by atoms with Gasteiger partial charge in [-0.25, -0.2) is 14.5 Å². The summed E-state index contributed by atoms with van der Waals surface area (Å²) in [6.45, 7) is 0. The number of amides is 2. The zero-order valence-corrected chi connectivity index (χ0v) is 17.4. The van der Waals surface area contributed by atoms with Crippen LogP contribution in [0.5, 0.6) is 0 Å². The normalized spacial score (nSPS) is 25.3. The Labute approximate surface area is 184 Å². The highest BCUT2D eigenvalue weighted by Gasteiger charge is 2.65. The number of esters is 2. The summed E-state index contributed by atoms with van der Waals surface area (Å²) >= 11 is 0. The van der Waals surface area contributed by atoms with Crippen LogP contribution >= 0.6 is 0 Å². The molecule has 0 N–H and O–H groups in total. The van der Waals surface area contributed by atoms with Crippen LogP contribution in [0.25, 0.3) is 6.08 Å². The standard InChI is InChI=1S/C24H20N2O6/c1-31-23(29)15-9-5-6-10-16(15)26-21(27)17-18(22(26)28)20(24(30)32-2)25-12-11-13-7-3-4-8-14(13)19(17)25/h3-12,17-20H,1-2H3/t17-,18-,19+,20+/m1/s1. The summed E-state index contributed by atoms with van der Waals surface area (Å²) in [7, 11) is 2.50. The number of methoxy groups -OCH3 is 2. The molecule has 0 bridgehead atoms. The van der Waals surface area contributed by atoms with Gasteiger partial charge in [0.05, 0.1) is 43.3 Å². The number of fused-ring (bicyclic) bond motifs is 5. The zero-order valence-electron chi connectivity index (χ0n) is 17.4. The van der Waals surface area contributed by atoms with Gasteiger partial charge >= 0.3 is 11.9 Å². The van der Waals surface area contributed by atoms with Crippen molar-refractivity contribution < 1.29 is 28.7 Å². The number of para-hydroxylation sites is 1. The second-order valence-corrected chi connectivity index (χ2v) is 7.88. The number of rotatable bonds is 3. The fourth-order valence-electron chi connectivity index (χ4n) is 5.14. The molecule has 0 saturated carbocycles. The van der Waals surface area contributed by atoms with E-state index in [9.17, 15) is 19.2 Å². The fourth-order valence-corrected chi connectivity index (χ4v) is 5.14. The number of carbonyl (C=O) groups is 4. The van der Waals surface area contributed by atoms with Gasteiger partial charge in [0.1, 0.15) is 6.04 Å².